The molecule has 0 radical (unpaired) electrons. The van der Waals surface area contributed by atoms with E-state index in [0.29, 0.717) is 6.04 Å². The summed E-state index contributed by atoms with van der Waals surface area (Å²) in [5, 5.41) is 6.00. The first-order valence-corrected chi connectivity index (χ1v) is 7.64. The highest BCUT2D eigenvalue weighted by molar-refractivity contribution is 6.02. The Labute approximate surface area is 126 Å². The van der Waals surface area contributed by atoms with Gasteiger partial charge in [-0.25, -0.2) is 4.98 Å². The number of hydrogen-bond acceptors (Lipinski definition) is 4. The van der Waals surface area contributed by atoms with Crippen LogP contribution < -0.4 is 10.2 Å². The Bertz CT molecular complexity index is 633. The minimum atomic E-state index is 0.393. The quantitative estimate of drug-likeness (QED) is 0.939. The number of ether oxygens (including phenoxy) is 1. The minimum absolute atomic E-state index is 0.393. The molecule has 0 saturated carbocycles. The van der Waals surface area contributed by atoms with Gasteiger partial charge in [-0.05, 0) is 26.3 Å². The SMILES string of the molecule is Cc1cccc2c(NC(C)C)cnc(N3CCOCC3)c12. The highest BCUT2D eigenvalue weighted by Gasteiger charge is 2.18. The minimum Gasteiger partial charge on any atom is -0.381 e. The zero-order chi connectivity index (χ0) is 14.8. The molecule has 1 aliphatic rings. The Hall–Kier alpha value is -1.81. The molecule has 1 N–H and O–H groups in total. The third kappa shape index (κ3) is 2.81. The van der Waals surface area contributed by atoms with E-state index in [1.807, 2.05) is 6.20 Å². The molecule has 3 rings (SSSR count). The van der Waals surface area contributed by atoms with Crippen molar-refractivity contribution < 1.29 is 4.74 Å². The topological polar surface area (TPSA) is 37.4 Å². The lowest BCUT2D eigenvalue weighted by molar-refractivity contribution is 0.122. The van der Waals surface area contributed by atoms with Gasteiger partial charge in [0.25, 0.3) is 0 Å². The molecule has 2 heterocycles. The fourth-order valence-electron chi connectivity index (χ4n) is 2.89. The van der Waals surface area contributed by atoms with Crippen molar-refractivity contribution in [3.8, 4) is 0 Å². The predicted molar refractivity (Wildman–Crippen MR) is 88.3 cm³/mol. The van der Waals surface area contributed by atoms with Crippen LogP contribution in [-0.2, 0) is 4.74 Å². The molecule has 1 aliphatic heterocycles. The highest BCUT2D eigenvalue weighted by atomic mass is 16.5. The number of benzene rings is 1. The summed E-state index contributed by atoms with van der Waals surface area (Å²) in [4.78, 5) is 7.08. The van der Waals surface area contributed by atoms with Crippen molar-refractivity contribution in [1.29, 1.82) is 0 Å². The van der Waals surface area contributed by atoms with E-state index in [0.717, 1.165) is 37.8 Å². The van der Waals surface area contributed by atoms with E-state index < -0.39 is 0 Å². The van der Waals surface area contributed by atoms with Crippen LogP contribution in [0.15, 0.2) is 24.4 Å². The highest BCUT2D eigenvalue weighted by Crippen LogP contribution is 2.33. The number of nitrogens with zero attached hydrogens (tertiary/aromatic N) is 2. The van der Waals surface area contributed by atoms with Crippen LogP contribution in [0.1, 0.15) is 19.4 Å². The molecule has 0 aliphatic carbocycles. The van der Waals surface area contributed by atoms with Crippen molar-refractivity contribution in [2.45, 2.75) is 26.8 Å². The summed E-state index contributed by atoms with van der Waals surface area (Å²) in [6, 6.07) is 6.85. The summed E-state index contributed by atoms with van der Waals surface area (Å²) in [5.41, 5.74) is 2.38. The molecule has 1 aromatic carbocycles. The van der Waals surface area contributed by atoms with Crippen molar-refractivity contribution in [3.05, 3.63) is 30.0 Å². The number of pyridine rings is 1. The van der Waals surface area contributed by atoms with Gasteiger partial charge >= 0.3 is 0 Å². The lowest BCUT2D eigenvalue weighted by Crippen LogP contribution is -2.37. The average molecular weight is 285 g/mol. The molecule has 0 atom stereocenters. The summed E-state index contributed by atoms with van der Waals surface area (Å²) in [6.07, 6.45) is 1.96. The first-order valence-electron chi connectivity index (χ1n) is 7.64. The predicted octanol–water partition coefficient (Wildman–Crippen LogP) is 3.20. The lowest BCUT2D eigenvalue weighted by atomic mass is 10.0. The Morgan fingerprint density at radius 2 is 2.00 bits per heavy atom. The van der Waals surface area contributed by atoms with Crippen LogP contribution in [-0.4, -0.2) is 37.3 Å². The van der Waals surface area contributed by atoms with Crippen LogP contribution in [0.25, 0.3) is 10.8 Å². The van der Waals surface area contributed by atoms with E-state index in [2.05, 4.69) is 49.2 Å². The second kappa shape index (κ2) is 5.90. The van der Waals surface area contributed by atoms with Gasteiger partial charge in [0.2, 0.25) is 0 Å². The molecular formula is C17H23N3O. The number of nitrogens with one attached hydrogen (secondary N) is 1. The van der Waals surface area contributed by atoms with E-state index >= 15 is 0 Å². The van der Waals surface area contributed by atoms with Crippen LogP contribution in [0.5, 0.6) is 0 Å². The molecule has 0 amide bonds. The molecule has 4 nitrogen and oxygen atoms in total. The lowest BCUT2D eigenvalue weighted by Gasteiger charge is -2.29. The van der Waals surface area contributed by atoms with E-state index in [9.17, 15) is 0 Å². The Morgan fingerprint density at radius 1 is 1.24 bits per heavy atom. The van der Waals surface area contributed by atoms with Gasteiger partial charge in [-0.1, -0.05) is 18.2 Å². The molecule has 1 fully saturated rings. The fourth-order valence-corrected chi connectivity index (χ4v) is 2.89. The molecule has 0 spiro atoms. The molecule has 4 heteroatoms. The first-order chi connectivity index (χ1) is 10.2. The zero-order valence-electron chi connectivity index (χ0n) is 13.0. The largest absolute Gasteiger partial charge is 0.381 e. The summed E-state index contributed by atoms with van der Waals surface area (Å²) in [7, 11) is 0. The fraction of sp³-hybridized carbons (Fsp3) is 0.471. The molecule has 1 saturated heterocycles. The van der Waals surface area contributed by atoms with Gasteiger partial charge in [0.15, 0.2) is 0 Å². The van der Waals surface area contributed by atoms with Gasteiger partial charge in [-0.15, -0.1) is 0 Å². The third-order valence-electron chi connectivity index (χ3n) is 3.86. The molecule has 0 bridgehead atoms. The Balaban J connectivity index is 2.13. The van der Waals surface area contributed by atoms with Crippen molar-refractivity contribution >= 4 is 22.3 Å². The van der Waals surface area contributed by atoms with Crippen molar-refractivity contribution in [3.63, 3.8) is 0 Å². The Morgan fingerprint density at radius 3 is 2.71 bits per heavy atom. The van der Waals surface area contributed by atoms with E-state index in [4.69, 9.17) is 9.72 Å². The van der Waals surface area contributed by atoms with Gasteiger partial charge < -0.3 is 15.0 Å². The number of fused-ring (bicyclic) bond motifs is 1. The number of aryl methyl sites for hydroxylation is 1. The maximum atomic E-state index is 5.46. The average Bonchev–Trinajstić information content (AvgIpc) is 2.48. The van der Waals surface area contributed by atoms with Crippen LogP contribution >= 0.6 is 0 Å². The zero-order valence-corrected chi connectivity index (χ0v) is 13.0. The number of rotatable bonds is 3. The standard InChI is InChI=1S/C17H23N3O/c1-12(2)19-15-11-18-17(20-7-9-21-10-8-20)16-13(3)5-4-6-14(15)16/h4-6,11-12,19H,7-10H2,1-3H3. The van der Waals surface area contributed by atoms with Crippen LogP contribution in [0.3, 0.4) is 0 Å². The van der Waals surface area contributed by atoms with E-state index in [-0.39, 0.29) is 0 Å². The first kappa shape index (κ1) is 14.1. The summed E-state index contributed by atoms with van der Waals surface area (Å²) >= 11 is 0. The van der Waals surface area contributed by atoms with Gasteiger partial charge in [-0.3, -0.25) is 0 Å². The number of morpholine rings is 1. The van der Waals surface area contributed by atoms with Gasteiger partial charge in [0, 0.05) is 29.9 Å². The van der Waals surface area contributed by atoms with Gasteiger partial charge in [0.1, 0.15) is 5.82 Å². The summed E-state index contributed by atoms with van der Waals surface area (Å²) in [6.45, 7) is 9.84. The number of aromatic nitrogens is 1. The maximum Gasteiger partial charge on any atom is 0.137 e. The smallest absolute Gasteiger partial charge is 0.137 e. The summed E-state index contributed by atoms with van der Waals surface area (Å²) < 4.78 is 5.46. The van der Waals surface area contributed by atoms with Crippen LogP contribution in [0, 0.1) is 6.92 Å². The van der Waals surface area contributed by atoms with E-state index in [1.54, 1.807) is 0 Å². The molecule has 1 aromatic heterocycles. The van der Waals surface area contributed by atoms with Crippen LogP contribution in [0.4, 0.5) is 11.5 Å². The number of hydrogen-bond donors (Lipinski definition) is 1. The second-order valence-electron chi connectivity index (χ2n) is 5.89. The van der Waals surface area contributed by atoms with Crippen LogP contribution in [0.2, 0.25) is 0 Å². The summed E-state index contributed by atoms with van der Waals surface area (Å²) in [5.74, 6) is 1.08. The maximum absolute atomic E-state index is 5.46. The molecule has 0 unspecified atom stereocenters. The Kier molecular flexibility index (Phi) is 3.97. The monoisotopic (exact) mass is 285 g/mol. The normalized spacial score (nSPS) is 15.7. The van der Waals surface area contributed by atoms with Crippen molar-refractivity contribution in [2.24, 2.45) is 0 Å². The third-order valence-corrected chi connectivity index (χ3v) is 3.86. The second-order valence-corrected chi connectivity index (χ2v) is 5.89. The van der Waals surface area contributed by atoms with Crippen molar-refractivity contribution in [2.75, 3.05) is 36.5 Å². The number of anilines is 2. The molecular weight excluding hydrogens is 262 g/mol. The molecule has 2 aromatic rings. The van der Waals surface area contributed by atoms with Gasteiger partial charge in [0.05, 0.1) is 25.1 Å². The van der Waals surface area contributed by atoms with E-state index in [1.165, 1.54) is 16.3 Å². The molecule has 112 valence electrons. The van der Waals surface area contributed by atoms with Crippen molar-refractivity contribution in [1.82, 2.24) is 4.98 Å². The van der Waals surface area contributed by atoms with Gasteiger partial charge in [-0.2, -0.15) is 0 Å². The molecule has 21 heavy (non-hydrogen) atoms.